The molecule has 0 atom stereocenters. The van der Waals surface area contributed by atoms with E-state index in [-0.39, 0.29) is 36.9 Å². The van der Waals surface area contributed by atoms with Gasteiger partial charge in [0.25, 0.3) is 5.91 Å². The number of hydrogen-bond donors (Lipinski definition) is 2. The largest absolute Gasteiger partial charge is 0.468 e. The number of ether oxygens (including phenoxy) is 1. The minimum Gasteiger partial charge on any atom is -0.468 e. The molecule has 0 unspecified atom stereocenters. The lowest BCUT2D eigenvalue weighted by atomic mass is 10.1. The van der Waals surface area contributed by atoms with Gasteiger partial charge in [-0.2, -0.15) is 0 Å². The number of methoxy groups -OCH3 is 1. The van der Waals surface area contributed by atoms with Crippen LogP contribution in [-0.2, 0) is 24.3 Å². The van der Waals surface area contributed by atoms with E-state index >= 15 is 0 Å². The zero-order valence-electron chi connectivity index (χ0n) is 22.3. The molecule has 0 saturated carbocycles. The normalized spacial score (nSPS) is 13.2. The fraction of sp³-hybridized carbons (Fsp3) is 0.286. The van der Waals surface area contributed by atoms with Gasteiger partial charge in [-0.1, -0.05) is 62.4 Å². The molecule has 10 nitrogen and oxygen atoms in total. The van der Waals surface area contributed by atoms with E-state index in [9.17, 15) is 22.8 Å². The van der Waals surface area contributed by atoms with E-state index in [0.717, 1.165) is 16.3 Å². The molecule has 1 aliphatic rings. The van der Waals surface area contributed by atoms with Gasteiger partial charge in [-0.3, -0.25) is 19.4 Å². The molecule has 4 rings (SSSR count). The number of pyridine rings is 1. The van der Waals surface area contributed by atoms with Crippen molar-refractivity contribution < 1.29 is 27.5 Å². The predicted octanol–water partition coefficient (Wildman–Crippen LogP) is 3.05. The van der Waals surface area contributed by atoms with Gasteiger partial charge in [0.1, 0.15) is 12.2 Å². The van der Waals surface area contributed by atoms with Gasteiger partial charge in [-0.25, -0.2) is 13.1 Å². The number of primary amides is 1. The Morgan fingerprint density at radius 1 is 1.05 bits per heavy atom. The van der Waals surface area contributed by atoms with Crippen LogP contribution >= 0.6 is 0 Å². The molecule has 208 valence electrons. The molecule has 0 radical (unpaired) electrons. The Labute approximate surface area is 228 Å². The number of aromatic nitrogens is 1. The van der Waals surface area contributed by atoms with Gasteiger partial charge in [0.2, 0.25) is 15.9 Å². The highest BCUT2D eigenvalue weighted by atomic mass is 32.2. The highest BCUT2D eigenvalue weighted by Crippen LogP contribution is 2.15. The van der Waals surface area contributed by atoms with Gasteiger partial charge in [-0.15, -0.1) is 0 Å². The number of esters is 1. The SMILES string of the molecule is CC.COC(=O)CN1CC(CNS(=O)(=O)c2ccccc2)=CCCC1=O.NC(=O)c1nccc2ccccc12. The Balaban J connectivity index is 0.000000298. The van der Waals surface area contributed by atoms with Crippen molar-refractivity contribution in [1.82, 2.24) is 14.6 Å². The zero-order valence-corrected chi connectivity index (χ0v) is 23.1. The number of benzene rings is 2. The third-order valence-corrected chi connectivity index (χ3v) is 6.95. The van der Waals surface area contributed by atoms with Crippen molar-refractivity contribution >= 4 is 38.6 Å². The molecular formula is C28H34N4O6S. The average Bonchev–Trinajstić information content (AvgIpc) is 3.14. The summed E-state index contributed by atoms with van der Waals surface area (Å²) in [6.07, 6.45) is 4.22. The van der Waals surface area contributed by atoms with Gasteiger partial charge in [-0.05, 0) is 35.6 Å². The molecule has 3 N–H and O–H groups in total. The second kappa shape index (κ2) is 15.4. The van der Waals surface area contributed by atoms with Crippen molar-refractivity contribution in [2.75, 3.05) is 26.7 Å². The smallest absolute Gasteiger partial charge is 0.325 e. The van der Waals surface area contributed by atoms with Gasteiger partial charge in [0.15, 0.2) is 0 Å². The molecule has 39 heavy (non-hydrogen) atoms. The second-order valence-electron chi connectivity index (χ2n) is 8.11. The maximum Gasteiger partial charge on any atom is 0.325 e. The van der Waals surface area contributed by atoms with Crippen LogP contribution in [0.2, 0.25) is 0 Å². The molecule has 0 spiro atoms. The van der Waals surface area contributed by atoms with Crippen LogP contribution in [0.4, 0.5) is 0 Å². The topological polar surface area (TPSA) is 149 Å². The number of rotatable bonds is 7. The van der Waals surface area contributed by atoms with E-state index in [1.54, 1.807) is 24.4 Å². The first-order chi connectivity index (χ1) is 18.7. The first-order valence-corrected chi connectivity index (χ1v) is 13.9. The summed E-state index contributed by atoms with van der Waals surface area (Å²) < 4.78 is 31.6. The molecule has 11 heteroatoms. The van der Waals surface area contributed by atoms with Gasteiger partial charge < -0.3 is 15.4 Å². The monoisotopic (exact) mass is 554 g/mol. The number of carbonyl (C=O) groups excluding carboxylic acids is 3. The standard InChI is InChI=1S/C16H20N2O5S.C10H8N2O.C2H6/c1-23-16(20)12-18-11-13(6-5-9-15(18)19)10-17-24(21,22)14-7-3-2-4-8-14;11-10(13)9-8-4-2-1-3-7(8)5-6-12-9;1-2/h2-4,6-8,17H,5,9-12H2,1H3;1-6H,(H2,11,13);1-2H3. The number of sulfonamides is 1. The lowest BCUT2D eigenvalue weighted by Gasteiger charge is -2.21. The Morgan fingerprint density at radius 3 is 2.38 bits per heavy atom. The first kappa shape index (κ1) is 31.1. The van der Waals surface area contributed by atoms with E-state index in [1.165, 1.54) is 24.1 Å². The summed E-state index contributed by atoms with van der Waals surface area (Å²) in [5.41, 5.74) is 6.25. The zero-order chi connectivity index (χ0) is 28.8. The molecule has 0 fully saturated rings. The third-order valence-electron chi connectivity index (χ3n) is 5.54. The summed E-state index contributed by atoms with van der Waals surface area (Å²) in [7, 11) is -2.36. The van der Waals surface area contributed by atoms with Crippen LogP contribution in [-0.4, -0.2) is 62.8 Å². The number of nitrogens with zero attached hydrogens (tertiary/aromatic N) is 2. The van der Waals surface area contributed by atoms with Crippen molar-refractivity contribution in [3.63, 3.8) is 0 Å². The Morgan fingerprint density at radius 2 is 1.72 bits per heavy atom. The van der Waals surface area contributed by atoms with Crippen LogP contribution in [0.25, 0.3) is 10.8 Å². The third kappa shape index (κ3) is 9.31. The molecule has 2 amide bonds. The van der Waals surface area contributed by atoms with Crippen LogP contribution < -0.4 is 10.5 Å². The molecule has 2 heterocycles. The van der Waals surface area contributed by atoms with Gasteiger partial charge >= 0.3 is 5.97 Å². The fourth-order valence-electron chi connectivity index (χ4n) is 3.63. The summed E-state index contributed by atoms with van der Waals surface area (Å²) in [5, 5.41) is 1.78. The van der Waals surface area contributed by atoms with E-state index in [2.05, 4.69) is 14.4 Å². The molecule has 0 aliphatic carbocycles. The van der Waals surface area contributed by atoms with Gasteiger partial charge in [0.05, 0.1) is 12.0 Å². The lowest BCUT2D eigenvalue weighted by molar-refractivity contribution is -0.146. The molecule has 0 bridgehead atoms. The minimum absolute atomic E-state index is 0.0855. The molecule has 3 aromatic rings. The number of nitrogens with two attached hydrogens (primary N) is 1. The molecule has 0 saturated heterocycles. The highest BCUT2D eigenvalue weighted by molar-refractivity contribution is 7.89. The number of carbonyl (C=O) groups is 3. The average molecular weight is 555 g/mol. The van der Waals surface area contributed by atoms with Crippen LogP contribution in [0.5, 0.6) is 0 Å². The number of allylic oxidation sites excluding steroid dienone is 1. The van der Waals surface area contributed by atoms with E-state index in [4.69, 9.17) is 5.73 Å². The Bertz CT molecular complexity index is 1400. The van der Waals surface area contributed by atoms with Crippen molar-refractivity contribution in [1.29, 1.82) is 0 Å². The van der Waals surface area contributed by atoms with Crippen molar-refractivity contribution in [3.8, 4) is 0 Å². The molecule has 1 aliphatic heterocycles. The number of nitrogens with one attached hydrogen (secondary N) is 1. The summed E-state index contributed by atoms with van der Waals surface area (Å²) in [6, 6.07) is 17.4. The summed E-state index contributed by atoms with van der Waals surface area (Å²) in [5.74, 6) is -1.15. The second-order valence-corrected chi connectivity index (χ2v) is 9.88. The molecule has 2 aromatic carbocycles. The van der Waals surface area contributed by atoms with Gasteiger partial charge in [0, 0.05) is 31.1 Å². The van der Waals surface area contributed by atoms with Crippen LogP contribution in [0.1, 0.15) is 37.2 Å². The maximum atomic E-state index is 12.2. The maximum absolute atomic E-state index is 12.2. The van der Waals surface area contributed by atoms with Crippen molar-refractivity contribution in [2.24, 2.45) is 5.73 Å². The summed E-state index contributed by atoms with van der Waals surface area (Å²) >= 11 is 0. The number of fused-ring (bicyclic) bond motifs is 1. The van der Waals surface area contributed by atoms with Crippen molar-refractivity contribution in [3.05, 3.63) is 84.2 Å². The lowest BCUT2D eigenvalue weighted by Crippen LogP contribution is -2.38. The van der Waals surface area contributed by atoms with Crippen molar-refractivity contribution in [2.45, 2.75) is 31.6 Å². The van der Waals surface area contributed by atoms with Crippen LogP contribution in [0.3, 0.4) is 0 Å². The first-order valence-electron chi connectivity index (χ1n) is 12.4. The predicted molar refractivity (Wildman–Crippen MR) is 149 cm³/mol. The quantitative estimate of drug-likeness (QED) is 0.337. The van der Waals surface area contributed by atoms with Crippen LogP contribution in [0, 0.1) is 0 Å². The highest BCUT2D eigenvalue weighted by Gasteiger charge is 2.22. The van der Waals surface area contributed by atoms with E-state index in [1.807, 2.05) is 50.3 Å². The Hall–Kier alpha value is -4.09. The molecular weight excluding hydrogens is 520 g/mol. The fourth-order valence-corrected chi connectivity index (χ4v) is 4.69. The Kier molecular flexibility index (Phi) is 12.3. The van der Waals surface area contributed by atoms with E-state index < -0.39 is 21.9 Å². The number of hydrogen-bond acceptors (Lipinski definition) is 7. The summed E-state index contributed by atoms with van der Waals surface area (Å²) in [4.78, 5) is 39.8. The van der Waals surface area contributed by atoms with Crippen LogP contribution in [0.15, 0.2) is 83.4 Å². The molecule has 1 aromatic heterocycles. The number of amides is 2. The minimum atomic E-state index is -3.62. The van der Waals surface area contributed by atoms with E-state index in [0.29, 0.717) is 12.1 Å². The summed E-state index contributed by atoms with van der Waals surface area (Å²) in [6.45, 7) is 4.14.